The van der Waals surface area contributed by atoms with E-state index in [2.05, 4.69) is 28.7 Å². The van der Waals surface area contributed by atoms with E-state index in [9.17, 15) is 24.3 Å². The van der Waals surface area contributed by atoms with Gasteiger partial charge in [0.15, 0.2) is 0 Å². The highest BCUT2D eigenvalue weighted by atomic mass is 16.3. The number of nitrogens with zero attached hydrogens (tertiary/aromatic N) is 6. The minimum absolute atomic E-state index is 0.0669. The number of benzene rings is 5. The van der Waals surface area contributed by atoms with Crippen LogP contribution in [0.3, 0.4) is 0 Å². The molecular formula is C50H51N7O5. The molecule has 2 N–H and O–H groups in total. The van der Waals surface area contributed by atoms with E-state index in [1.165, 1.54) is 0 Å². The van der Waals surface area contributed by atoms with Crippen LogP contribution in [0.1, 0.15) is 33.5 Å². The molecule has 12 nitrogen and oxygen atoms in total. The zero-order valence-electron chi connectivity index (χ0n) is 35.3. The second kappa shape index (κ2) is 17.8. The summed E-state index contributed by atoms with van der Waals surface area (Å²) in [6, 6.07) is 36.9. The Morgan fingerprint density at radius 1 is 0.871 bits per heavy atom. The number of anilines is 2. The summed E-state index contributed by atoms with van der Waals surface area (Å²) in [5, 5.41) is 17.5. The third-order valence-corrected chi connectivity index (χ3v) is 11.8. The molecule has 8 rings (SSSR count). The molecule has 0 saturated carbocycles. The van der Waals surface area contributed by atoms with Gasteiger partial charge in [-0.25, -0.2) is 10.0 Å². The molecule has 12 heteroatoms. The number of aryl methyl sites for hydroxylation is 2. The lowest BCUT2D eigenvalue weighted by molar-refractivity contribution is -0.205. The van der Waals surface area contributed by atoms with Crippen LogP contribution in [0, 0.1) is 0 Å². The highest BCUT2D eigenvalue weighted by molar-refractivity contribution is 6.05. The number of carbonyl (C=O) groups excluding carboxylic acids is 4. The highest BCUT2D eigenvalue weighted by Gasteiger charge is 2.51. The number of aromatic nitrogens is 1. The molecule has 2 aliphatic rings. The number of nitrogens with one attached hydrogen (secondary N) is 1. The number of para-hydroxylation sites is 1. The number of phenolic OH excluding ortho intramolecular Hbond substituents is 1. The van der Waals surface area contributed by atoms with Gasteiger partial charge in [-0.1, -0.05) is 78.9 Å². The third kappa shape index (κ3) is 8.55. The molecule has 0 aliphatic carbocycles. The summed E-state index contributed by atoms with van der Waals surface area (Å²) in [7, 11) is 5.90. The van der Waals surface area contributed by atoms with Gasteiger partial charge in [-0.2, -0.15) is 0 Å². The first kappa shape index (κ1) is 41.5. The van der Waals surface area contributed by atoms with Gasteiger partial charge in [0.05, 0.1) is 18.6 Å². The van der Waals surface area contributed by atoms with E-state index in [0.717, 1.165) is 44.4 Å². The molecule has 2 saturated heterocycles. The van der Waals surface area contributed by atoms with Crippen molar-refractivity contribution in [2.75, 3.05) is 43.9 Å². The Balaban J connectivity index is 1.09. The van der Waals surface area contributed by atoms with Gasteiger partial charge in [-0.3, -0.25) is 19.2 Å². The van der Waals surface area contributed by atoms with Crippen LogP contribution in [0.2, 0.25) is 0 Å². The van der Waals surface area contributed by atoms with Crippen molar-refractivity contribution in [3.8, 4) is 16.9 Å². The van der Waals surface area contributed by atoms with Crippen LogP contribution in [-0.4, -0.2) is 99.1 Å². The monoisotopic (exact) mass is 829 g/mol. The molecule has 4 amide bonds. The van der Waals surface area contributed by atoms with Gasteiger partial charge in [-0.15, -0.1) is 6.58 Å². The summed E-state index contributed by atoms with van der Waals surface area (Å²) in [5.41, 5.74) is 7.90. The number of hydrogen-bond donors (Lipinski definition) is 2. The molecule has 2 atom stereocenters. The third-order valence-electron chi connectivity index (χ3n) is 11.8. The highest BCUT2D eigenvalue weighted by Crippen LogP contribution is 2.35. The van der Waals surface area contributed by atoms with E-state index in [4.69, 9.17) is 0 Å². The largest absolute Gasteiger partial charge is 0.508 e. The summed E-state index contributed by atoms with van der Waals surface area (Å²) in [6.45, 7) is 4.49. The van der Waals surface area contributed by atoms with Crippen LogP contribution in [0.5, 0.6) is 5.75 Å². The fourth-order valence-electron chi connectivity index (χ4n) is 8.73. The maximum atomic E-state index is 14.8. The molecule has 316 valence electrons. The first-order valence-corrected chi connectivity index (χ1v) is 20.8. The standard InChI is InChI=1S/C50H51N7O5/c1-5-28-55-33-47(60)56-44(29-35-14-25-41(58)26-15-35)50(62)54(32-45(56)57(55)46(59)27-16-34-10-7-6-8-11-34)30-38-12-9-13-42-43(31-53(4)48(38)42)36-17-21-39(22-18-36)51-49(61)37-19-23-40(24-20-37)52(2)3/h5-15,17-26,31,44-45,58H,1,16,27-30,32-33H2,2-4H3,(H,51,61)/t44-,45-/m0/s1. The summed E-state index contributed by atoms with van der Waals surface area (Å²) in [5.74, 6) is -0.681. The van der Waals surface area contributed by atoms with Gasteiger partial charge in [0, 0.05) is 81.2 Å². The van der Waals surface area contributed by atoms with Crippen LogP contribution in [0.25, 0.3) is 22.0 Å². The van der Waals surface area contributed by atoms with E-state index in [-0.39, 0.29) is 68.4 Å². The Bertz CT molecular complexity index is 2610. The average Bonchev–Trinajstić information content (AvgIpc) is 3.62. The second-order valence-electron chi connectivity index (χ2n) is 16.2. The van der Waals surface area contributed by atoms with Crippen molar-refractivity contribution in [1.82, 2.24) is 24.4 Å². The van der Waals surface area contributed by atoms with Crippen molar-refractivity contribution in [1.29, 1.82) is 0 Å². The number of hydrazine groups is 1. The van der Waals surface area contributed by atoms with Crippen molar-refractivity contribution in [3.63, 3.8) is 0 Å². The SMILES string of the molecule is C=CCN1CC(=O)N2[C@@H](Cc3ccc(O)cc3)C(=O)N(Cc3cccc4c(-c5ccc(NC(=O)c6ccc(N(C)C)cc6)cc5)cn(C)c34)C[C@@H]2N1C(=O)CCc1ccccc1. The molecule has 1 aromatic heterocycles. The van der Waals surface area contributed by atoms with E-state index < -0.39 is 12.2 Å². The average molecular weight is 830 g/mol. The lowest BCUT2D eigenvalue weighted by Crippen LogP contribution is -2.75. The van der Waals surface area contributed by atoms with Gasteiger partial charge < -0.3 is 29.7 Å². The number of piperazine rings is 1. The number of phenols is 1. The Morgan fingerprint density at radius 2 is 1.60 bits per heavy atom. The van der Waals surface area contributed by atoms with Crippen LogP contribution < -0.4 is 10.2 Å². The fraction of sp³-hybridized carbons (Fsp3) is 0.240. The first-order valence-electron chi connectivity index (χ1n) is 20.8. The second-order valence-corrected chi connectivity index (χ2v) is 16.2. The van der Waals surface area contributed by atoms with Crippen molar-refractivity contribution in [2.45, 2.75) is 38.0 Å². The number of fused-ring (bicyclic) bond motifs is 2. The maximum absolute atomic E-state index is 14.8. The van der Waals surface area contributed by atoms with Crippen LogP contribution >= 0.6 is 0 Å². The van der Waals surface area contributed by atoms with Crippen molar-refractivity contribution < 1.29 is 24.3 Å². The molecule has 3 heterocycles. The molecule has 0 spiro atoms. The first-order chi connectivity index (χ1) is 30.0. The predicted molar refractivity (Wildman–Crippen MR) is 242 cm³/mol. The number of hydrogen-bond acceptors (Lipinski definition) is 7. The lowest BCUT2D eigenvalue weighted by Gasteiger charge is -2.55. The smallest absolute Gasteiger partial charge is 0.255 e. The normalized spacial score (nSPS) is 16.7. The Kier molecular flexibility index (Phi) is 11.9. The summed E-state index contributed by atoms with van der Waals surface area (Å²) in [4.78, 5) is 61.7. The summed E-state index contributed by atoms with van der Waals surface area (Å²) >= 11 is 0. The van der Waals surface area contributed by atoms with Gasteiger partial charge in [0.2, 0.25) is 17.7 Å². The number of aromatic hydroxyl groups is 1. The van der Waals surface area contributed by atoms with Gasteiger partial charge >= 0.3 is 0 Å². The van der Waals surface area contributed by atoms with Crippen LogP contribution in [0.15, 0.2) is 140 Å². The molecule has 0 radical (unpaired) electrons. The lowest BCUT2D eigenvalue weighted by atomic mass is 9.97. The van der Waals surface area contributed by atoms with E-state index in [0.29, 0.717) is 17.7 Å². The fourth-order valence-corrected chi connectivity index (χ4v) is 8.73. The summed E-state index contributed by atoms with van der Waals surface area (Å²) < 4.78 is 2.07. The van der Waals surface area contributed by atoms with Crippen LogP contribution in [0.4, 0.5) is 11.4 Å². The topological polar surface area (TPSA) is 122 Å². The molecule has 0 unspecified atom stereocenters. The maximum Gasteiger partial charge on any atom is 0.255 e. The quantitative estimate of drug-likeness (QED) is 0.122. The Labute approximate surface area is 361 Å². The number of carbonyl (C=O) groups is 4. The molecular weight excluding hydrogens is 779 g/mol. The molecule has 5 aromatic carbocycles. The molecule has 2 aliphatic heterocycles. The minimum Gasteiger partial charge on any atom is -0.508 e. The Morgan fingerprint density at radius 3 is 2.29 bits per heavy atom. The number of amides is 4. The molecule has 62 heavy (non-hydrogen) atoms. The zero-order chi connectivity index (χ0) is 43.5. The van der Waals surface area contributed by atoms with Crippen molar-refractivity contribution in [2.24, 2.45) is 7.05 Å². The van der Waals surface area contributed by atoms with Crippen molar-refractivity contribution in [3.05, 3.63) is 162 Å². The van der Waals surface area contributed by atoms with E-state index >= 15 is 0 Å². The van der Waals surface area contributed by atoms with Gasteiger partial charge in [0.1, 0.15) is 18.0 Å². The van der Waals surface area contributed by atoms with Crippen LogP contribution in [-0.2, 0) is 40.8 Å². The Hall–Kier alpha value is -7.18. The van der Waals surface area contributed by atoms with E-state index in [1.807, 2.05) is 117 Å². The summed E-state index contributed by atoms with van der Waals surface area (Å²) in [6.07, 6.45) is 3.96. The van der Waals surface area contributed by atoms with Gasteiger partial charge in [0.25, 0.3) is 5.91 Å². The predicted octanol–water partition coefficient (Wildman–Crippen LogP) is 6.86. The number of rotatable bonds is 13. The van der Waals surface area contributed by atoms with Gasteiger partial charge in [-0.05, 0) is 77.2 Å². The minimum atomic E-state index is -0.888. The zero-order valence-corrected chi connectivity index (χ0v) is 35.3. The van der Waals surface area contributed by atoms with E-state index in [1.54, 1.807) is 50.2 Å². The molecule has 0 bridgehead atoms. The molecule has 2 fully saturated rings. The molecule has 6 aromatic rings. The van der Waals surface area contributed by atoms with Crippen molar-refractivity contribution >= 4 is 45.9 Å².